The van der Waals surface area contributed by atoms with Crippen molar-refractivity contribution in [2.75, 3.05) is 0 Å². The molecule has 0 radical (unpaired) electrons. The van der Waals surface area contributed by atoms with E-state index in [1.165, 1.54) is 0 Å². The third-order valence-electron chi connectivity index (χ3n) is 3.51. The molecule has 0 bridgehead atoms. The Balaban J connectivity index is 2.21. The predicted molar refractivity (Wildman–Crippen MR) is 66.6 cm³/mol. The Labute approximate surface area is 103 Å². The minimum absolute atomic E-state index is 0.240. The molecular weight excluding hydrogens is 224 g/mol. The minimum atomic E-state index is 0.240. The van der Waals surface area contributed by atoms with Crippen LogP contribution in [0.5, 0.6) is 0 Å². The van der Waals surface area contributed by atoms with Crippen LogP contribution in [0.1, 0.15) is 12.0 Å². The van der Waals surface area contributed by atoms with Gasteiger partial charge >= 0.3 is 0 Å². The maximum absolute atomic E-state index is 11.6. The molecule has 0 saturated heterocycles. The lowest BCUT2D eigenvalue weighted by atomic mass is 9.99. The molecule has 86 valence electrons. The van der Waals surface area contributed by atoms with Crippen molar-refractivity contribution in [2.24, 2.45) is 4.99 Å². The van der Waals surface area contributed by atoms with Gasteiger partial charge in [0.2, 0.25) is 0 Å². The topological polar surface area (TPSA) is 42.3 Å². The van der Waals surface area contributed by atoms with Gasteiger partial charge in [-0.2, -0.15) is 0 Å². The molecule has 2 aliphatic rings. The molecule has 1 aromatic heterocycles. The highest BCUT2D eigenvalue weighted by Gasteiger charge is 2.17. The van der Waals surface area contributed by atoms with Gasteiger partial charge in [-0.3, -0.25) is 9.78 Å². The molecular formula is C15H10N2O. The molecule has 0 amide bonds. The molecule has 2 heterocycles. The number of pyridine rings is 1. The van der Waals surface area contributed by atoms with Gasteiger partial charge in [-0.1, -0.05) is 24.3 Å². The highest BCUT2D eigenvalue weighted by Crippen LogP contribution is 2.22. The summed E-state index contributed by atoms with van der Waals surface area (Å²) < 4.78 is 0. The third-order valence-corrected chi connectivity index (χ3v) is 3.51. The summed E-state index contributed by atoms with van der Waals surface area (Å²) in [5, 5.41) is 4.05. The lowest BCUT2D eigenvalue weighted by Crippen LogP contribution is -2.22. The Morgan fingerprint density at radius 3 is 2.94 bits per heavy atom. The molecule has 0 atom stereocenters. The molecule has 0 fully saturated rings. The number of benzene rings is 1. The molecule has 4 rings (SSSR count). The van der Waals surface area contributed by atoms with E-state index in [9.17, 15) is 4.79 Å². The number of ketones is 1. The third kappa shape index (κ3) is 1.21. The average Bonchev–Trinajstić information content (AvgIpc) is 2.78. The van der Waals surface area contributed by atoms with Crippen LogP contribution in [-0.4, -0.2) is 10.8 Å². The van der Waals surface area contributed by atoms with Gasteiger partial charge in [0.15, 0.2) is 0 Å². The van der Waals surface area contributed by atoms with Crippen LogP contribution in [0.15, 0.2) is 35.5 Å². The van der Waals surface area contributed by atoms with E-state index in [1.807, 2.05) is 36.5 Å². The lowest BCUT2D eigenvalue weighted by molar-refractivity contribution is -0.117. The fourth-order valence-corrected chi connectivity index (χ4v) is 2.63. The number of nitrogens with zero attached hydrogens (tertiary/aromatic N) is 2. The van der Waals surface area contributed by atoms with Crippen LogP contribution in [0.4, 0.5) is 5.69 Å². The van der Waals surface area contributed by atoms with Crippen molar-refractivity contribution in [1.29, 1.82) is 0 Å². The Hall–Kier alpha value is -2.29. The Bertz CT molecular complexity index is 897. The fraction of sp³-hybridized carbons (Fsp3) is 0.133. The lowest BCUT2D eigenvalue weighted by Gasteiger charge is -2.08. The standard InChI is InChI=1S/C15H10N2O/c18-9-5-6-13-11(7-9)15-12(8-16-13)10-3-1-2-4-14(10)17-15/h1-4,6,8H,5,7H2. The highest BCUT2D eigenvalue weighted by molar-refractivity contribution is 5.88. The first kappa shape index (κ1) is 9.71. The zero-order chi connectivity index (χ0) is 12.1. The summed E-state index contributed by atoms with van der Waals surface area (Å²) in [7, 11) is 0. The molecule has 3 nitrogen and oxygen atoms in total. The molecule has 1 aliphatic carbocycles. The first-order valence-electron chi connectivity index (χ1n) is 6.01. The smallest absolute Gasteiger partial charge is 0.141 e. The number of para-hydroxylation sites is 1. The van der Waals surface area contributed by atoms with E-state index in [0.717, 1.165) is 32.4 Å². The van der Waals surface area contributed by atoms with E-state index >= 15 is 0 Å². The number of carbonyl (C=O) groups is 1. The van der Waals surface area contributed by atoms with Gasteiger partial charge < -0.3 is 0 Å². The van der Waals surface area contributed by atoms with Crippen LogP contribution in [-0.2, 0) is 11.2 Å². The molecule has 0 saturated carbocycles. The first-order chi connectivity index (χ1) is 8.83. The van der Waals surface area contributed by atoms with Crippen LogP contribution in [0.25, 0.3) is 6.08 Å². The summed E-state index contributed by atoms with van der Waals surface area (Å²) in [6, 6.07) is 8.02. The second-order valence-electron chi connectivity index (χ2n) is 4.64. The zero-order valence-corrected chi connectivity index (χ0v) is 9.68. The molecule has 18 heavy (non-hydrogen) atoms. The molecule has 0 unspecified atom stereocenters. The number of aromatic nitrogens is 1. The van der Waals surface area contributed by atoms with Crippen molar-refractivity contribution in [3.63, 3.8) is 0 Å². The highest BCUT2D eigenvalue weighted by atomic mass is 16.1. The van der Waals surface area contributed by atoms with Gasteiger partial charge in [-0.25, -0.2) is 4.99 Å². The molecule has 1 aliphatic heterocycles. The van der Waals surface area contributed by atoms with E-state index in [0.29, 0.717) is 12.8 Å². The monoisotopic (exact) mass is 234 g/mol. The summed E-state index contributed by atoms with van der Waals surface area (Å²) in [5.74, 6) is 0.240. The van der Waals surface area contributed by atoms with Crippen LogP contribution in [0.2, 0.25) is 0 Å². The van der Waals surface area contributed by atoms with Crippen LogP contribution < -0.4 is 10.7 Å². The number of fused-ring (bicyclic) bond motifs is 4. The predicted octanol–water partition coefficient (Wildman–Crippen LogP) is 0.929. The summed E-state index contributed by atoms with van der Waals surface area (Å²) in [4.78, 5) is 20.7. The van der Waals surface area contributed by atoms with Crippen molar-refractivity contribution in [3.8, 4) is 0 Å². The molecule has 1 aromatic carbocycles. The fourth-order valence-electron chi connectivity index (χ4n) is 2.63. The van der Waals surface area contributed by atoms with Crippen LogP contribution in [0.3, 0.4) is 0 Å². The van der Waals surface area contributed by atoms with Crippen LogP contribution >= 0.6 is 0 Å². The van der Waals surface area contributed by atoms with E-state index in [4.69, 9.17) is 0 Å². The van der Waals surface area contributed by atoms with Gasteiger partial charge in [-0.15, -0.1) is 0 Å². The van der Waals surface area contributed by atoms with Crippen molar-refractivity contribution >= 4 is 17.5 Å². The van der Waals surface area contributed by atoms with Crippen molar-refractivity contribution < 1.29 is 4.79 Å². The van der Waals surface area contributed by atoms with Gasteiger partial charge in [0.25, 0.3) is 0 Å². The first-order valence-corrected chi connectivity index (χ1v) is 6.01. The van der Waals surface area contributed by atoms with E-state index < -0.39 is 0 Å². The van der Waals surface area contributed by atoms with E-state index in [-0.39, 0.29) is 5.78 Å². The number of Topliss-reactive ketones (excluding diaryl/α,β-unsaturated/α-hetero) is 1. The average molecular weight is 234 g/mol. The minimum Gasteiger partial charge on any atom is -0.299 e. The maximum atomic E-state index is 11.6. The summed E-state index contributed by atoms with van der Waals surface area (Å²) in [6.07, 6.45) is 4.72. The number of carbonyl (C=O) groups excluding carboxylic acids is 1. The van der Waals surface area contributed by atoms with Crippen molar-refractivity contribution in [2.45, 2.75) is 12.8 Å². The molecule has 0 spiro atoms. The summed E-state index contributed by atoms with van der Waals surface area (Å²) in [6.45, 7) is 0. The Morgan fingerprint density at radius 2 is 2.00 bits per heavy atom. The van der Waals surface area contributed by atoms with Gasteiger partial charge in [-0.05, 0) is 6.07 Å². The quantitative estimate of drug-likeness (QED) is 0.580. The van der Waals surface area contributed by atoms with E-state index in [2.05, 4.69) is 9.98 Å². The summed E-state index contributed by atoms with van der Waals surface area (Å²) in [5.41, 5.74) is 1.92. The van der Waals surface area contributed by atoms with Gasteiger partial charge in [0, 0.05) is 35.0 Å². The Kier molecular flexibility index (Phi) is 1.81. The van der Waals surface area contributed by atoms with Crippen LogP contribution in [0, 0.1) is 10.4 Å². The molecule has 3 heteroatoms. The second kappa shape index (κ2) is 3.35. The molecule has 2 aromatic rings. The zero-order valence-electron chi connectivity index (χ0n) is 9.68. The second-order valence-corrected chi connectivity index (χ2v) is 4.64. The number of hydrogen-bond acceptors (Lipinski definition) is 3. The van der Waals surface area contributed by atoms with Gasteiger partial charge in [0.1, 0.15) is 5.78 Å². The van der Waals surface area contributed by atoms with Gasteiger partial charge in [0.05, 0.1) is 16.4 Å². The Morgan fingerprint density at radius 1 is 1.11 bits per heavy atom. The molecule has 0 N–H and O–H groups in total. The normalized spacial score (nSPS) is 15.2. The summed E-state index contributed by atoms with van der Waals surface area (Å²) >= 11 is 0. The maximum Gasteiger partial charge on any atom is 0.141 e. The van der Waals surface area contributed by atoms with Crippen molar-refractivity contribution in [3.05, 3.63) is 57.2 Å². The largest absolute Gasteiger partial charge is 0.299 e. The van der Waals surface area contributed by atoms with Crippen molar-refractivity contribution in [1.82, 2.24) is 4.98 Å². The van der Waals surface area contributed by atoms with E-state index in [1.54, 1.807) is 0 Å². The SMILES string of the molecule is O=C1CC=c2ncc3c(c2C1)N=c1ccccc1=3. The number of hydrogen-bond donors (Lipinski definition) is 0. The number of rotatable bonds is 0.